The van der Waals surface area contributed by atoms with E-state index < -0.39 is 5.97 Å². The van der Waals surface area contributed by atoms with Crippen LogP contribution in [0.25, 0.3) is 0 Å². The van der Waals surface area contributed by atoms with E-state index in [0.717, 1.165) is 17.1 Å². The summed E-state index contributed by atoms with van der Waals surface area (Å²) >= 11 is 1.51. The smallest absolute Gasteiger partial charge is 0.335 e. The molecule has 2 aromatic rings. The van der Waals surface area contributed by atoms with Gasteiger partial charge in [-0.15, -0.1) is 11.3 Å². The van der Waals surface area contributed by atoms with Gasteiger partial charge in [0.1, 0.15) is 5.01 Å². The van der Waals surface area contributed by atoms with Gasteiger partial charge < -0.3 is 10.4 Å². The number of thiazole rings is 1. The highest BCUT2D eigenvalue weighted by Crippen LogP contribution is 2.21. The van der Waals surface area contributed by atoms with E-state index in [9.17, 15) is 9.59 Å². The average Bonchev–Trinajstić information content (AvgIpc) is 2.91. The van der Waals surface area contributed by atoms with Gasteiger partial charge in [-0.2, -0.15) is 0 Å². The van der Waals surface area contributed by atoms with Crippen molar-refractivity contribution in [2.24, 2.45) is 0 Å². The van der Waals surface area contributed by atoms with Crippen LogP contribution in [0.15, 0.2) is 29.6 Å². The Morgan fingerprint density at radius 3 is 2.67 bits per heavy atom. The molecule has 1 amide bonds. The quantitative estimate of drug-likeness (QED) is 0.890. The Morgan fingerprint density at radius 2 is 2.10 bits per heavy atom. The normalized spacial score (nSPS) is 11.9. The number of carbonyl (C=O) groups is 2. The summed E-state index contributed by atoms with van der Waals surface area (Å²) < 4.78 is 0. The van der Waals surface area contributed by atoms with Gasteiger partial charge in [0, 0.05) is 16.6 Å². The van der Waals surface area contributed by atoms with Crippen LogP contribution in [0, 0.1) is 6.92 Å². The van der Waals surface area contributed by atoms with E-state index >= 15 is 0 Å². The molecule has 0 radical (unpaired) electrons. The van der Waals surface area contributed by atoms with Crippen LogP contribution < -0.4 is 5.32 Å². The van der Waals surface area contributed by atoms with E-state index in [1.165, 1.54) is 23.5 Å². The second-order valence-electron chi connectivity index (χ2n) is 4.65. The first kappa shape index (κ1) is 15.2. The number of aryl methyl sites for hydroxylation is 1. The van der Waals surface area contributed by atoms with Gasteiger partial charge in [-0.3, -0.25) is 4.79 Å². The second kappa shape index (κ2) is 6.49. The predicted octanol–water partition coefficient (Wildman–Crippen LogP) is 3.03. The van der Waals surface area contributed by atoms with Crippen molar-refractivity contribution in [1.29, 1.82) is 0 Å². The summed E-state index contributed by atoms with van der Waals surface area (Å²) in [7, 11) is 0. The lowest BCUT2D eigenvalue weighted by Crippen LogP contribution is -2.28. The van der Waals surface area contributed by atoms with Crippen LogP contribution in [0.4, 0.5) is 0 Å². The molecule has 6 heteroatoms. The standard InChI is InChI=1S/C15H16N2O3S/c1-3-12(14-16-9(2)8-21-14)17-13(18)10-5-4-6-11(7-10)15(19)20/h4-8,12H,3H2,1-2H3,(H,17,18)(H,19,20). The monoisotopic (exact) mass is 304 g/mol. The third kappa shape index (κ3) is 3.66. The summed E-state index contributed by atoms with van der Waals surface area (Å²) in [5.41, 5.74) is 1.36. The van der Waals surface area contributed by atoms with Crippen molar-refractivity contribution in [3.05, 3.63) is 51.5 Å². The number of aromatic nitrogens is 1. The highest BCUT2D eigenvalue weighted by atomic mass is 32.1. The minimum Gasteiger partial charge on any atom is -0.478 e. The summed E-state index contributed by atoms with van der Waals surface area (Å²) in [6.07, 6.45) is 0.720. The number of rotatable bonds is 5. The van der Waals surface area contributed by atoms with Crippen molar-refractivity contribution in [3.8, 4) is 0 Å². The van der Waals surface area contributed by atoms with Gasteiger partial charge in [0.15, 0.2) is 0 Å². The Kier molecular flexibility index (Phi) is 4.70. The number of hydrogen-bond donors (Lipinski definition) is 2. The summed E-state index contributed by atoms with van der Waals surface area (Å²) in [5, 5.41) is 14.7. The first-order chi connectivity index (χ1) is 10.0. The second-order valence-corrected chi connectivity index (χ2v) is 5.54. The van der Waals surface area contributed by atoms with Gasteiger partial charge >= 0.3 is 5.97 Å². The zero-order valence-electron chi connectivity index (χ0n) is 11.8. The van der Waals surface area contributed by atoms with Crippen LogP contribution in [-0.2, 0) is 0 Å². The van der Waals surface area contributed by atoms with Crippen LogP contribution in [0.5, 0.6) is 0 Å². The third-order valence-corrected chi connectivity index (χ3v) is 4.10. The van der Waals surface area contributed by atoms with E-state index in [1.807, 2.05) is 19.2 Å². The zero-order valence-corrected chi connectivity index (χ0v) is 12.6. The van der Waals surface area contributed by atoms with Gasteiger partial charge in [0.25, 0.3) is 5.91 Å². The van der Waals surface area contributed by atoms with E-state index in [0.29, 0.717) is 5.56 Å². The number of carboxylic acid groups (broad SMARTS) is 1. The summed E-state index contributed by atoms with van der Waals surface area (Å²) in [6, 6.07) is 5.83. The molecule has 0 bridgehead atoms. The molecule has 2 N–H and O–H groups in total. The number of carbonyl (C=O) groups excluding carboxylic acids is 1. The number of nitrogens with zero attached hydrogens (tertiary/aromatic N) is 1. The van der Waals surface area contributed by atoms with Crippen molar-refractivity contribution in [2.75, 3.05) is 0 Å². The van der Waals surface area contributed by atoms with E-state index in [1.54, 1.807) is 12.1 Å². The van der Waals surface area contributed by atoms with E-state index in [2.05, 4.69) is 10.3 Å². The fourth-order valence-electron chi connectivity index (χ4n) is 1.91. The highest BCUT2D eigenvalue weighted by molar-refractivity contribution is 7.09. The maximum Gasteiger partial charge on any atom is 0.335 e. The first-order valence-electron chi connectivity index (χ1n) is 6.57. The summed E-state index contributed by atoms with van der Waals surface area (Å²) in [4.78, 5) is 27.6. The number of nitrogens with one attached hydrogen (secondary N) is 1. The molecular formula is C15H16N2O3S. The molecule has 0 aliphatic carbocycles. The topological polar surface area (TPSA) is 79.3 Å². The molecule has 110 valence electrons. The third-order valence-electron chi connectivity index (χ3n) is 3.02. The summed E-state index contributed by atoms with van der Waals surface area (Å²) in [5.74, 6) is -1.34. The van der Waals surface area contributed by atoms with Crippen molar-refractivity contribution < 1.29 is 14.7 Å². The van der Waals surface area contributed by atoms with Gasteiger partial charge in [0.05, 0.1) is 11.6 Å². The molecule has 1 aromatic carbocycles. The minimum absolute atomic E-state index is 0.0980. The van der Waals surface area contributed by atoms with Crippen molar-refractivity contribution in [1.82, 2.24) is 10.3 Å². The Bertz CT molecular complexity index is 666. The Labute approximate surface area is 126 Å². The molecule has 1 unspecified atom stereocenters. The average molecular weight is 304 g/mol. The molecule has 1 heterocycles. The van der Waals surface area contributed by atoms with E-state index in [4.69, 9.17) is 5.11 Å². The molecule has 1 atom stereocenters. The molecule has 0 saturated heterocycles. The van der Waals surface area contributed by atoms with Gasteiger partial charge in [-0.25, -0.2) is 9.78 Å². The van der Waals surface area contributed by atoms with Crippen LogP contribution in [0.2, 0.25) is 0 Å². The molecule has 0 spiro atoms. The minimum atomic E-state index is -1.05. The molecule has 0 aliphatic heterocycles. The number of amides is 1. The largest absolute Gasteiger partial charge is 0.478 e. The number of benzene rings is 1. The lowest BCUT2D eigenvalue weighted by atomic mass is 10.1. The number of hydrogen-bond acceptors (Lipinski definition) is 4. The lowest BCUT2D eigenvalue weighted by Gasteiger charge is -2.14. The highest BCUT2D eigenvalue weighted by Gasteiger charge is 2.17. The number of aromatic carboxylic acids is 1. The molecule has 0 aliphatic rings. The van der Waals surface area contributed by atoms with Crippen molar-refractivity contribution in [2.45, 2.75) is 26.3 Å². The Balaban J connectivity index is 2.16. The Morgan fingerprint density at radius 1 is 1.38 bits per heavy atom. The molecular weight excluding hydrogens is 288 g/mol. The van der Waals surface area contributed by atoms with Crippen molar-refractivity contribution in [3.63, 3.8) is 0 Å². The fraction of sp³-hybridized carbons (Fsp3) is 0.267. The molecule has 21 heavy (non-hydrogen) atoms. The van der Waals surface area contributed by atoms with Crippen molar-refractivity contribution >= 4 is 23.2 Å². The maximum atomic E-state index is 12.2. The predicted molar refractivity (Wildman–Crippen MR) is 80.8 cm³/mol. The maximum absolute atomic E-state index is 12.2. The molecule has 5 nitrogen and oxygen atoms in total. The lowest BCUT2D eigenvalue weighted by molar-refractivity contribution is 0.0697. The number of carboxylic acids is 1. The SMILES string of the molecule is CCC(NC(=O)c1cccc(C(=O)O)c1)c1nc(C)cs1. The first-order valence-corrected chi connectivity index (χ1v) is 7.45. The molecule has 2 rings (SSSR count). The summed E-state index contributed by atoms with van der Waals surface area (Å²) in [6.45, 7) is 3.88. The van der Waals surface area contributed by atoms with Gasteiger partial charge in [-0.1, -0.05) is 13.0 Å². The van der Waals surface area contributed by atoms with Gasteiger partial charge in [0.2, 0.25) is 0 Å². The molecule has 1 aromatic heterocycles. The van der Waals surface area contributed by atoms with Gasteiger partial charge in [-0.05, 0) is 31.5 Å². The Hall–Kier alpha value is -2.21. The molecule has 0 saturated carbocycles. The van der Waals surface area contributed by atoms with Crippen LogP contribution in [0.3, 0.4) is 0 Å². The van der Waals surface area contributed by atoms with Crippen LogP contribution in [-0.4, -0.2) is 22.0 Å². The van der Waals surface area contributed by atoms with Crippen LogP contribution in [0.1, 0.15) is 50.8 Å². The fourth-order valence-corrected chi connectivity index (χ4v) is 2.84. The van der Waals surface area contributed by atoms with E-state index in [-0.39, 0.29) is 17.5 Å². The zero-order chi connectivity index (χ0) is 15.4. The van der Waals surface area contributed by atoms with Crippen LogP contribution >= 0.6 is 11.3 Å². The molecule has 0 fully saturated rings.